The van der Waals surface area contributed by atoms with E-state index in [1.165, 1.54) is 25.1 Å². The van der Waals surface area contributed by atoms with Crippen molar-refractivity contribution in [1.82, 2.24) is 0 Å². The van der Waals surface area contributed by atoms with Gasteiger partial charge in [-0.05, 0) is 42.3 Å². The van der Waals surface area contributed by atoms with E-state index in [0.29, 0.717) is 11.3 Å². The third kappa shape index (κ3) is 5.65. The number of aryl methyl sites for hydroxylation is 1. The lowest BCUT2D eigenvalue weighted by Gasteiger charge is -2.19. The molecule has 1 aliphatic heterocycles. The van der Waals surface area contributed by atoms with Crippen LogP contribution in [0.5, 0.6) is 5.75 Å². The highest BCUT2D eigenvalue weighted by Gasteiger charge is 2.34. The number of hydrogen-bond donors (Lipinski definition) is 3. The summed E-state index contributed by atoms with van der Waals surface area (Å²) in [5.74, 6) is -0.339. The summed E-state index contributed by atoms with van der Waals surface area (Å²) in [6, 6.07) is 8.29. The number of carbonyl (C=O) groups is 1. The second-order valence-electron chi connectivity index (χ2n) is 5.75. The summed E-state index contributed by atoms with van der Waals surface area (Å²) >= 11 is 0. The van der Waals surface area contributed by atoms with Gasteiger partial charge in [0.15, 0.2) is 0 Å². The quantitative estimate of drug-likeness (QED) is 0.533. The van der Waals surface area contributed by atoms with Crippen LogP contribution in [0.3, 0.4) is 0 Å². The second-order valence-corrected chi connectivity index (χ2v) is 5.75. The van der Waals surface area contributed by atoms with Crippen LogP contribution in [0.25, 0.3) is 0 Å². The monoisotopic (exact) mass is 396 g/mol. The number of halogens is 3. The van der Waals surface area contributed by atoms with E-state index >= 15 is 0 Å². The number of alkyl halides is 3. The van der Waals surface area contributed by atoms with Crippen LogP contribution in [-0.4, -0.2) is 11.0 Å². The molecule has 1 unspecified atom stereocenters. The van der Waals surface area contributed by atoms with Crippen LogP contribution < -0.4 is 10.6 Å². The number of benzene rings is 2. The molecule has 154 valence electrons. The largest absolute Gasteiger partial charge is 0.508 e. The summed E-state index contributed by atoms with van der Waals surface area (Å²) in [7, 11) is 0. The van der Waals surface area contributed by atoms with Gasteiger partial charge in [-0.1, -0.05) is 39.8 Å². The highest BCUT2D eigenvalue weighted by molar-refractivity contribution is 5.97. The number of anilines is 2. The van der Waals surface area contributed by atoms with Gasteiger partial charge in [-0.25, -0.2) is 0 Å². The summed E-state index contributed by atoms with van der Waals surface area (Å²) in [4.78, 5) is 12.1. The zero-order chi connectivity index (χ0) is 21.5. The van der Waals surface area contributed by atoms with Crippen molar-refractivity contribution in [3.8, 4) is 5.75 Å². The first kappa shape index (κ1) is 23.3. The van der Waals surface area contributed by atoms with Crippen LogP contribution in [-0.2, 0) is 11.0 Å². The molecule has 0 spiro atoms. The maximum absolute atomic E-state index is 13.0. The van der Waals surface area contributed by atoms with Gasteiger partial charge in [0.05, 0.1) is 29.4 Å². The van der Waals surface area contributed by atoms with Crippen molar-refractivity contribution in [1.29, 1.82) is 0 Å². The number of amides is 1. The Bertz CT molecular complexity index is 805. The lowest BCUT2D eigenvalue weighted by atomic mass is 10.0. The average Bonchev–Trinajstić information content (AvgIpc) is 2.81. The summed E-state index contributed by atoms with van der Waals surface area (Å²) < 4.78 is 39.1. The smallest absolute Gasteiger partial charge is 0.416 e. The van der Waals surface area contributed by atoms with Gasteiger partial charge in [-0.3, -0.25) is 4.79 Å². The molecular formula is C21H27F3N2O2. The van der Waals surface area contributed by atoms with E-state index in [-0.39, 0.29) is 23.4 Å². The topological polar surface area (TPSA) is 61.4 Å². The van der Waals surface area contributed by atoms with Crippen molar-refractivity contribution in [2.45, 2.75) is 53.3 Å². The Balaban J connectivity index is 0.000000921. The SMILES string of the molecule is CC.CC.Cc1cc2c(cc1C(F)(F)F)NC(=O)CC(c1cccc(O)c1)N2. The highest BCUT2D eigenvalue weighted by Crippen LogP contribution is 2.39. The first-order valence-corrected chi connectivity index (χ1v) is 9.31. The standard InChI is InChI=1S/C17H15F3N2O2.2C2H6/c1-9-5-14-15(7-12(9)17(18,19)20)22-16(24)8-13(21-14)10-3-2-4-11(23)6-10;2*1-2/h2-7,13,21,23H,8H2,1H3,(H,22,24);2*1-2H3. The van der Waals surface area contributed by atoms with Gasteiger partial charge >= 0.3 is 6.18 Å². The van der Waals surface area contributed by atoms with Crippen molar-refractivity contribution < 1.29 is 23.1 Å². The van der Waals surface area contributed by atoms with E-state index in [0.717, 1.165) is 6.07 Å². The molecule has 0 saturated carbocycles. The molecule has 0 aromatic heterocycles. The number of phenolic OH excluding ortho intramolecular Hbond substituents is 1. The van der Waals surface area contributed by atoms with E-state index in [4.69, 9.17) is 0 Å². The van der Waals surface area contributed by atoms with E-state index < -0.39 is 23.7 Å². The van der Waals surface area contributed by atoms with Crippen LogP contribution in [0.2, 0.25) is 0 Å². The van der Waals surface area contributed by atoms with Crippen LogP contribution in [0.4, 0.5) is 24.5 Å². The Hall–Kier alpha value is -2.70. The number of rotatable bonds is 1. The van der Waals surface area contributed by atoms with Gasteiger partial charge in [-0.15, -0.1) is 0 Å². The van der Waals surface area contributed by atoms with E-state index in [1.54, 1.807) is 12.1 Å². The molecule has 0 bridgehead atoms. The predicted molar refractivity (Wildman–Crippen MR) is 107 cm³/mol. The molecule has 28 heavy (non-hydrogen) atoms. The average molecular weight is 396 g/mol. The van der Waals surface area contributed by atoms with E-state index in [9.17, 15) is 23.1 Å². The van der Waals surface area contributed by atoms with Crippen molar-refractivity contribution >= 4 is 17.3 Å². The first-order chi connectivity index (χ1) is 13.2. The Morgan fingerprint density at radius 2 is 1.68 bits per heavy atom. The predicted octanol–water partition coefficient (Wildman–Crippen LogP) is 6.27. The molecule has 0 fully saturated rings. The fraction of sp³-hybridized carbons (Fsp3) is 0.381. The molecule has 7 heteroatoms. The van der Waals surface area contributed by atoms with Gasteiger partial charge in [0, 0.05) is 0 Å². The molecule has 2 aromatic rings. The third-order valence-corrected chi connectivity index (χ3v) is 3.94. The number of phenols is 1. The molecule has 1 aliphatic rings. The summed E-state index contributed by atoms with van der Waals surface area (Å²) in [6.45, 7) is 9.38. The second kappa shape index (κ2) is 10.0. The minimum atomic E-state index is -4.49. The third-order valence-electron chi connectivity index (χ3n) is 3.94. The first-order valence-electron chi connectivity index (χ1n) is 9.31. The number of nitrogens with one attached hydrogen (secondary N) is 2. The minimum absolute atomic E-state index is 0.0402. The van der Waals surface area contributed by atoms with Crippen molar-refractivity contribution in [2.75, 3.05) is 10.6 Å². The minimum Gasteiger partial charge on any atom is -0.508 e. The van der Waals surface area contributed by atoms with Gasteiger partial charge in [0.25, 0.3) is 0 Å². The zero-order valence-electron chi connectivity index (χ0n) is 16.7. The summed E-state index contributed by atoms with van der Waals surface area (Å²) in [5, 5.41) is 15.2. The van der Waals surface area contributed by atoms with Gasteiger partial charge in [0.2, 0.25) is 5.91 Å². The number of fused-ring (bicyclic) bond motifs is 1. The van der Waals surface area contributed by atoms with E-state index in [2.05, 4.69) is 10.6 Å². The van der Waals surface area contributed by atoms with Crippen LogP contribution in [0.15, 0.2) is 36.4 Å². The number of aromatic hydroxyl groups is 1. The van der Waals surface area contributed by atoms with Crippen molar-refractivity contribution in [3.05, 3.63) is 53.1 Å². The van der Waals surface area contributed by atoms with Gasteiger partial charge in [0.1, 0.15) is 5.75 Å². The fourth-order valence-corrected chi connectivity index (χ4v) is 2.80. The molecule has 4 nitrogen and oxygen atoms in total. The van der Waals surface area contributed by atoms with Crippen molar-refractivity contribution in [2.24, 2.45) is 0 Å². The molecule has 0 aliphatic carbocycles. The number of hydrogen-bond acceptors (Lipinski definition) is 3. The maximum Gasteiger partial charge on any atom is 0.416 e. The molecule has 2 aromatic carbocycles. The molecule has 0 saturated heterocycles. The lowest BCUT2D eigenvalue weighted by molar-refractivity contribution is -0.138. The lowest BCUT2D eigenvalue weighted by Crippen LogP contribution is -2.15. The van der Waals surface area contributed by atoms with Gasteiger partial charge < -0.3 is 15.7 Å². The highest BCUT2D eigenvalue weighted by atomic mass is 19.4. The molecule has 0 radical (unpaired) electrons. The van der Waals surface area contributed by atoms with Crippen LogP contribution in [0.1, 0.15) is 56.8 Å². The van der Waals surface area contributed by atoms with E-state index in [1.807, 2.05) is 27.7 Å². The Kier molecular flexibility index (Phi) is 8.35. The molecule has 1 atom stereocenters. The van der Waals surface area contributed by atoms with Crippen molar-refractivity contribution in [3.63, 3.8) is 0 Å². The Morgan fingerprint density at radius 3 is 2.25 bits per heavy atom. The molecule has 1 heterocycles. The maximum atomic E-state index is 13.0. The molecule has 3 rings (SSSR count). The Morgan fingerprint density at radius 1 is 1.04 bits per heavy atom. The van der Waals surface area contributed by atoms with Crippen LogP contribution >= 0.6 is 0 Å². The molecule has 1 amide bonds. The fourth-order valence-electron chi connectivity index (χ4n) is 2.80. The zero-order valence-corrected chi connectivity index (χ0v) is 16.7. The Labute approximate surface area is 163 Å². The summed E-state index contributed by atoms with van der Waals surface area (Å²) in [6.07, 6.45) is -4.45. The molecular weight excluding hydrogens is 369 g/mol. The van der Waals surface area contributed by atoms with Crippen LogP contribution in [0, 0.1) is 6.92 Å². The van der Waals surface area contributed by atoms with Gasteiger partial charge in [-0.2, -0.15) is 13.2 Å². The normalized spacial score (nSPS) is 15.4. The number of carbonyl (C=O) groups excluding carboxylic acids is 1. The summed E-state index contributed by atoms with van der Waals surface area (Å²) in [5.41, 5.74) is 0.481. The molecule has 3 N–H and O–H groups in total.